The first-order chi connectivity index (χ1) is 9.63. The lowest BCUT2D eigenvalue weighted by molar-refractivity contribution is -0.139. The van der Waals surface area contributed by atoms with Crippen LogP contribution in [0.5, 0.6) is 0 Å². The molecule has 0 saturated heterocycles. The van der Waals surface area contributed by atoms with E-state index in [2.05, 4.69) is 11.5 Å². The molecule has 106 valence electrons. The minimum absolute atomic E-state index is 0.0667. The smallest absolute Gasteiger partial charge is 0.311 e. The van der Waals surface area contributed by atoms with E-state index >= 15 is 0 Å². The lowest BCUT2D eigenvalue weighted by Gasteiger charge is -2.26. The molecule has 20 heavy (non-hydrogen) atoms. The van der Waals surface area contributed by atoms with E-state index in [1.54, 1.807) is 0 Å². The summed E-state index contributed by atoms with van der Waals surface area (Å²) in [5, 5.41) is 19.9. The van der Waals surface area contributed by atoms with E-state index in [1.165, 1.54) is 0 Å². The molecule has 0 aliphatic heterocycles. The third-order valence-electron chi connectivity index (χ3n) is 4.27. The summed E-state index contributed by atoms with van der Waals surface area (Å²) in [5.41, 5.74) is 3.08. The predicted molar refractivity (Wildman–Crippen MR) is 76.9 cm³/mol. The molecule has 0 amide bonds. The van der Waals surface area contributed by atoms with Gasteiger partial charge in [-0.2, -0.15) is 0 Å². The Labute approximate surface area is 117 Å². The van der Waals surface area contributed by atoms with E-state index in [0.29, 0.717) is 18.9 Å². The topological polar surface area (TPSA) is 62.5 Å². The molecule has 1 aliphatic rings. The molecule has 1 aromatic heterocycles. The van der Waals surface area contributed by atoms with Gasteiger partial charge >= 0.3 is 5.97 Å². The van der Waals surface area contributed by atoms with Crippen LogP contribution in [0.1, 0.15) is 30.5 Å². The van der Waals surface area contributed by atoms with Crippen molar-refractivity contribution in [2.45, 2.75) is 32.2 Å². The number of nitrogens with zero attached hydrogens (tertiary/aromatic N) is 1. The molecule has 4 heteroatoms. The van der Waals surface area contributed by atoms with Gasteiger partial charge in [0.15, 0.2) is 0 Å². The molecule has 2 atom stereocenters. The van der Waals surface area contributed by atoms with Gasteiger partial charge in [0.05, 0.1) is 12.5 Å². The van der Waals surface area contributed by atoms with Crippen LogP contribution in [-0.2, 0) is 17.8 Å². The summed E-state index contributed by atoms with van der Waals surface area (Å²) in [7, 11) is 0. The van der Waals surface area contributed by atoms with Crippen LogP contribution in [0.4, 0.5) is 0 Å². The van der Waals surface area contributed by atoms with Gasteiger partial charge in [-0.15, -0.1) is 0 Å². The van der Waals surface area contributed by atoms with Crippen molar-refractivity contribution in [3.05, 3.63) is 35.5 Å². The molecule has 2 unspecified atom stereocenters. The monoisotopic (exact) mass is 273 g/mol. The molecule has 2 aromatic rings. The van der Waals surface area contributed by atoms with Gasteiger partial charge in [0.25, 0.3) is 0 Å². The molecule has 1 aromatic carbocycles. The Morgan fingerprint density at radius 3 is 2.85 bits per heavy atom. The number of aliphatic hydroxyl groups excluding tert-OH is 1. The number of fused-ring (bicyclic) bond motifs is 3. The number of aromatic nitrogens is 1. The van der Waals surface area contributed by atoms with Crippen LogP contribution in [0.15, 0.2) is 24.3 Å². The molecule has 2 N–H and O–H groups in total. The molecule has 1 aliphatic carbocycles. The van der Waals surface area contributed by atoms with Crippen molar-refractivity contribution >= 4 is 16.9 Å². The highest BCUT2D eigenvalue weighted by Crippen LogP contribution is 2.41. The number of aliphatic hydroxyl groups is 1. The van der Waals surface area contributed by atoms with E-state index in [9.17, 15) is 15.0 Å². The van der Waals surface area contributed by atoms with Gasteiger partial charge < -0.3 is 14.8 Å². The Morgan fingerprint density at radius 2 is 2.15 bits per heavy atom. The van der Waals surface area contributed by atoms with Gasteiger partial charge in [0, 0.05) is 23.1 Å². The third kappa shape index (κ3) is 1.91. The number of rotatable bonds is 3. The van der Waals surface area contributed by atoms with Crippen LogP contribution in [0, 0.1) is 5.92 Å². The fourth-order valence-electron chi connectivity index (χ4n) is 3.51. The van der Waals surface area contributed by atoms with Gasteiger partial charge in [-0.1, -0.05) is 25.1 Å². The zero-order valence-electron chi connectivity index (χ0n) is 11.5. The maximum Gasteiger partial charge on any atom is 0.311 e. The van der Waals surface area contributed by atoms with Crippen molar-refractivity contribution in [2.75, 3.05) is 6.61 Å². The molecule has 0 spiro atoms. The van der Waals surface area contributed by atoms with Crippen LogP contribution in [-0.4, -0.2) is 27.4 Å². The molecular formula is C16H19NO3. The Kier molecular flexibility index (Phi) is 3.26. The number of para-hydroxylation sites is 1. The maximum atomic E-state index is 11.6. The summed E-state index contributed by atoms with van der Waals surface area (Å²) >= 11 is 0. The second-order valence-corrected chi connectivity index (χ2v) is 5.69. The Bertz CT molecular complexity index is 659. The van der Waals surface area contributed by atoms with E-state index in [-0.39, 0.29) is 6.61 Å². The standard InChI is InChI=1S/C16H19NO3/c1-10-8-12(16(19)20)15-11-4-2-3-5-13(11)17(6-7-18)14(15)9-10/h2-5,10,12,18H,6-9H2,1H3,(H,19,20). The highest BCUT2D eigenvalue weighted by Gasteiger charge is 2.34. The van der Waals surface area contributed by atoms with Crippen molar-refractivity contribution in [1.82, 2.24) is 4.57 Å². The summed E-state index contributed by atoms with van der Waals surface area (Å²) in [6.07, 6.45) is 1.57. The number of carbonyl (C=O) groups is 1. The van der Waals surface area contributed by atoms with Crippen molar-refractivity contribution in [1.29, 1.82) is 0 Å². The summed E-state index contributed by atoms with van der Waals surface area (Å²) in [6.45, 7) is 2.69. The van der Waals surface area contributed by atoms with E-state index in [0.717, 1.165) is 28.6 Å². The van der Waals surface area contributed by atoms with Gasteiger partial charge in [-0.05, 0) is 30.4 Å². The summed E-state index contributed by atoms with van der Waals surface area (Å²) in [5.74, 6) is -0.825. The fourth-order valence-corrected chi connectivity index (χ4v) is 3.51. The predicted octanol–water partition coefficient (Wildman–Crippen LogP) is 2.38. The molecule has 0 saturated carbocycles. The summed E-state index contributed by atoms with van der Waals surface area (Å²) in [4.78, 5) is 11.6. The molecule has 0 radical (unpaired) electrons. The van der Waals surface area contributed by atoms with Crippen LogP contribution < -0.4 is 0 Å². The van der Waals surface area contributed by atoms with Crippen molar-refractivity contribution in [3.63, 3.8) is 0 Å². The Hall–Kier alpha value is -1.81. The summed E-state index contributed by atoms with van der Waals surface area (Å²) in [6, 6.07) is 7.91. The van der Waals surface area contributed by atoms with Crippen LogP contribution >= 0.6 is 0 Å². The Balaban J connectivity index is 2.30. The molecule has 4 nitrogen and oxygen atoms in total. The maximum absolute atomic E-state index is 11.6. The second-order valence-electron chi connectivity index (χ2n) is 5.69. The highest BCUT2D eigenvalue weighted by molar-refractivity contribution is 5.91. The number of hydrogen-bond donors (Lipinski definition) is 2. The Morgan fingerprint density at radius 1 is 1.40 bits per heavy atom. The third-order valence-corrected chi connectivity index (χ3v) is 4.27. The first kappa shape index (κ1) is 13.2. The number of benzene rings is 1. The first-order valence-electron chi connectivity index (χ1n) is 7.07. The average molecular weight is 273 g/mol. The second kappa shape index (κ2) is 4.94. The van der Waals surface area contributed by atoms with Crippen molar-refractivity contribution in [2.24, 2.45) is 5.92 Å². The van der Waals surface area contributed by atoms with Gasteiger partial charge in [0.2, 0.25) is 0 Å². The van der Waals surface area contributed by atoms with Crippen LogP contribution in [0.3, 0.4) is 0 Å². The minimum atomic E-state index is -0.746. The lowest BCUT2D eigenvalue weighted by atomic mass is 9.79. The fraction of sp³-hybridized carbons (Fsp3) is 0.438. The molecule has 1 heterocycles. The highest BCUT2D eigenvalue weighted by atomic mass is 16.4. The number of hydrogen-bond acceptors (Lipinski definition) is 2. The van der Waals surface area contributed by atoms with Crippen molar-refractivity contribution < 1.29 is 15.0 Å². The zero-order valence-corrected chi connectivity index (χ0v) is 11.5. The molecule has 0 fully saturated rings. The molecule has 3 rings (SSSR count). The van der Waals surface area contributed by atoms with Gasteiger partial charge in [-0.25, -0.2) is 0 Å². The first-order valence-corrected chi connectivity index (χ1v) is 7.07. The minimum Gasteiger partial charge on any atom is -0.481 e. The largest absolute Gasteiger partial charge is 0.481 e. The van der Waals surface area contributed by atoms with Crippen LogP contribution in [0.2, 0.25) is 0 Å². The molecule has 0 bridgehead atoms. The SMILES string of the molecule is CC1Cc2c(c3ccccc3n2CCO)C(C(=O)O)C1. The normalized spacial score (nSPS) is 21.9. The quantitative estimate of drug-likeness (QED) is 0.902. The van der Waals surface area contributed by atoms with E-state index in [1.807, 2.05) is 24.3 Å². The molecular weight excluding hydrogens is 254 g/mol. The lowest BCUT2D eigenvalue weighted by Crippen LogP contribution is -2.24. The van der Waals surface area contributed by atoms with E-state index < -0.39 is 11.9 Å². The number of aliphatic carboxylic acids is 1. The summed E-state index contributed by atoms with van der Waals surface area (Å²) < 4.78 is 2.09. The van der Waals surface area contributed by atoms with E-state index in [4.69, 9.17) is 0 Å². The average Bonchev–Trinajstić information content (AvgIpc) is 2.73. The number of carboxylic acids is 1. The van der Waals surface area contributed by atoms with Gasteiger partial charge in [-0.3, -0.25) is 4.79 Å². The number of carboxylic acid groups (broad SMARTS) is 1. The zero-order chi connectivity index (χ0) is 14.3. The van der Waals surface area contributed by atoms with Crippen LogP contribution in [0.25, 0.3) is 10.9 Å². The van der Waals surface area contributed by atoms with Crippen molar-refractivity contribution in [3.8, 4) is 0 Å². The van der Waals surface area contributed by atoms with Gasteiger partial charge in [0.1, 0.15) is 0 Å².